The molecule has 0 unspecified atom stereocenters. The zero-order chi connectivity index (χ0) is 11.8. The van der Waals surface area contributed by atoms with Gasteiger partial charge in [0.2, 0.25) is 0 Å². The predicted molar refractivity (Wildman–Crippen MR) is 72.8 cm³/mol. The number of rotatable bonds is 3. The Kier molecular flexibility index (Phi) is 3.08. The highest BCUT2D eigenvalue weighted by molar-refractivity contribution is 7.11. The molecule has 1 aromatic carbocycles. The van der Waals surface area contributed by atoms with Crippen LogP contribution in [0.1, 0.15) is 13.8 Å². The SMILES string of the molecule is CN(c1snc2ccccc12)C(C)(C)CCl. The van der Waals surface area contributed by atoms with Crippen LogP contribution in [0.3, 0.4) is 0 Å². The molecule has 0 radical (unpaired) electrons. The summed E-state index contributed by atoms with van der Waals surface area (Å²) in [6.07, 6.45) is 0. The third kappa shape index (κ3) is 1.89. The van der Waals surface area contributed by atoms with Gasteiger partial charge >= 0.3 is 0 Å². The molecule has 0 amide bonds. The second-order valence-electron chi connectivity index (χ2n) is 4.51. The largest absolute Gasteiger partial charge is 0.358 e. The standard InChI is InChI=1S/C12H15ClN2S/c1-12(2,8-13)15(3)11-9-6-4-5-7-10(9)14-16-11/h4-7H,8H2,1-3H3. The van der Waals surface area contributed by atoms with Gasteiger partial charge in [0.25, 0.3) is 0 Å². The van der Waals surface area contributed by atoms with Gasteiger partial charge in [-0.25, -0.2) is 0 Å². The molecule has 1 heterocycles. The Morgan fingerprint density at radius 1 is 1.38 bits per heavy atom. The highest BCUT2D eigenvalue weighted by Crippen LogP contribution is 2.34. The summed E-state index contributed by atoms with van der Waals surface area (Å²) in [6.45, 7) is 4.27. The van der Waals surface area contributed by atoms with Crippen molar-refractivity contribution in [1.82, 2.24) is 4.37 Å². The van der Waals surface area contributed by atoms with Crippen molar-refractivity contribution >= 4 is 39.0 Å². The van der Waals surface area contributed by atoms with E-state index < -0.39 is 0 Å². The van der Waals surface area contributed by atoms with Crippen LogP contribution >= 0.6 is 23.1 Å². The van der Waals surface area contributed by atoms with E-state index in [2.05, 4.69) is 36.2 Å². The second-order valence-corrected chi connectivity index (χ2v) is 5.53. The fraction of sp³-hybridized carbons (Fsp3) is 0.417. The number of halogens is 1. The molecule has 0 aliphatic rings. The van der Waals surface area contributed by atoms with E-state index in [1.165, 1.54) is 21.9 Å². The molecule has 0 aliphatic carbocycles. The van der Waals surface area contributed by atoms with Crippen molar-refractivity contribution in [1.29, 1.82) is 0 Å². The first kappa shape index (κ1) is 11.7. The molecule has 0 N–H and O–H groups in total. The maximum absolute atomic E-state index is 6.00. The minimum atomic E-state index is -0.0587. The molecule has 2 nitrogen and oxygen atoms in total. The summed E-state index contributed by atoms with van der Waals surface area (Å²) >= 11 is 7.53. The Morgan fingerprint density at radius 2 is 2.06 bits per heavy atom. The first-order valence-electron chi connectivity index (χ1n) is 5.20. The fourth-order valence-electron chi connectivity index (χ4n) is 1.48. The minimum Gasteiger partial charge on any atom is -0.358 e. The summed E-state index contributed by atoms with van der Waals surface area (Å²) in [5, 5.41) is 2.38. The van der Waals surface area contributed by atoms with E-state index in [1.54, 1.807) is 0 Å². The first-order chi connectivity index (χ1) is 7.56. The van der Waals surface area contributed by atoms with E-state index in [1.807, 2.05) is 18.2 Å². The molecule has 0 atom stereocenters. The van der Waals surface area contributed by atoms with Gasteiger partial charge < -0.3 is 4.90 Å². The number of anilines is 1. The van der Waals surface area contributed by atoms with Crippen molar-refractivity contribution < 1.29 is 0 Å². The third-order valence-electron chi connectivity index (χ3n) is 2.90. The minimum absolute atomic E-state index is 0.0587. The smallest absolute Gasteiger partial charge is 0.120 e. The van der Waals surface area contributed by atoms with E-state index in [0.29, 0.717) is 5.88 Å². The van der Waals surface area contributed by atoms with Gasteiger partial charge in [0, 0.05) is 23.9 Å². The van der Waals surface area contributed by atoms with Crippen molar-refractivity contribution in [3.63, 3.8) is 0 Å². The Labute approximate surface area is 105 Å². The van der Waals surface area contributed by atoms with Gasteiger partial charge in [-0.15, -0.1) is 11.6 Å². The van der Waals surface area contributed by atoms with Gasteiger partial charge in [0.05, 0.1) is 5.52 Å². The van der Waals surface area contributed by atoms with Crippen LogP contribution in [0, 0.1) is 0 Å². The third-order valence-corrected chi connectivity index (χ3v) is 4.51. The summed E-state index contributed by atoms with van der Waals surface area (Å²) in [7, 11) is 2.07. The molecule has 86 valence electrons. The molecule has 0 aliphatic heterocycles. The molecule has 0 fully saturated rings. The van der Waals surface area contributed by atoms with Crippen LogP contribution in [0.25, 0.3) is 10.9 Å². The Bertz CT molecular complexity index is 492. The zero-order valence-corrected chi connectivity index (χ0v) is 11.3. The summed E-state index contributed by atoms with van der Waals surface area (Å²) < 4.78 is 4.44. The second kappa shape index (κ2) is 4.22. The van der Waals surface area contributed by atoms with E-state index >= 15 is 0 Å². The highest BCUT2D eigenvalue weighted by Gasteiger charge is 2.25. The van der Waals surface area contributed by atoms with Crippen LogP contribution in [0.5, 0.6) is 0 Å². The van der Waals surface area contributed by atoms with E-state index in [-0.39, 0.29) is 5.54 Å². The molecular formula is C12H15ClN2S. The Morgan fingerprint density at radius 3 is 2.75 bits per heavy atom. The number of fused-ring (bicyclic) bond motifs is 1. The molecule has 0 spiro atoms. The molecular weight excluding hydrogens is 240 g/mol. The lowest BCUT2D eigenvalue weighted by atomic mass is 10.1. The van der Waals surface area contributed by atoms with Gasteiger partial charge in [-0.1, -0.05) is 12.1 Å². The number of nitrogens with zero attached hydrogens (tertiary/aromatic N) is 2. The topological polar surface area (TPSA) is 16.1 Å². The van der Waals surface area contributed by atoms with Crippen LogP contribution in [0.2, 0.25) is 0 Å². The van der Waals surface area contributed by atoms with Gasteiger partial charge in [-0.2, -0.15) is 4.37 Å². The highest BCUT2D eigenvalue weighted by atomic mass is 35.5. The molecule has 1 aromatic heterocycles. The maximum atomic E-state index is 6.00. The summed E-state index contributed by atoms with van der Waals surface area (Å²) in [6, 6.07) is 8.20. The maximum Gasteiger partial charge on any atom is 0.120 e. The Hall–Kier alpha value is -0.800. The zero-order valence-electron chi connectivity index (χ0n) is 9.70. The number of alkyl halides is 1. The van der Waals surface area contributed by atoms with Gasteiger partial charge in [0.1, 0.15) is 5.00 Å². The number of benzene rings is 1. The average Bonchev–Trinajstić information content (AvgIpc) is 2.71. The van der Waals surface area contributed by atoms with Crippen LogP contribution in [-0.2, 0) is 0 Å². The summed E-state index contributed by atoms with van der Waals surface area (Å²) in [5.41, 5.74) is 0.997. The molecule has 0 saturated heterocycles. The van der Waals surface area contributed by atoms with E-state index in [0.717, 1.165) is 5.52 Å². The lowest BCUT2D eigenvalue weighted by molar-refractivity contribution is 0.549. The number of hydrogen-bond donors (Lipinski definition) is 0. The monoisotopic (exact) mass is 254 g/mol. The molecule has 2 aromatic rings. The van der Waals surface area contributed by atoms with Crippen LogP contribution in [0.15, 0.2) is 24.3 Å². The predicted octanol–water partition coefficient (Wildman–Crippen LogP) is 3.75. The van der Waals surface area contributed by atoms with Crippen LogP contribution < -0.4 is 4.90 Å². The van der Waals surface area contributed by atoms with Crippen molar-refractivity contribution in [2.75, 3.05) is 17.8 Å². The van der Waals surface area contributed by atoms with Gasteiger partial charge in [-0.05, 0) is 37.5 Å². The van der Waals surface area contributed by atoms with Gasteiger partial charge in [0.15, 0.2) is 0 Å². The number of aromatic nitrogens is 1. The van der Waals surface area contributed by atoms with Gasteiger partial charge in [-0.3, -0.25) is 0 Å². The van der Waals surface area contributed by atoms with Crippen molar-refractivity contribution in [2.24, 2.45) is 0 Å². The van der Waals surface area contributed by atoms with E-state index in [4.69, 9.17) is 11.6 Å². The molecule has 4 heteroatoms. The lowest BCUT2D eigenvalue weighted by Crippen LogP contribution is -2.42. The van der Waals surface area contributed by atoms with E-state index in [9.17, 15) is 0 Å². The molecule has 16 heavy (non-hydrogen) atoms. The van der Waals surface area contributed by atoms with Crippen molar-refractivity contribution in [2.45, 2.75) is 19.4 Å². The summed E-state index contributed by atoms with van der Waals surface area (Å²) in [4.78, 5) is 2.21. The Balaban J connectivity index is 2.48. The first-order valence-corrected chi connectivity index (χ1v) is 6.51. The van der Waals surface area contributed by atoms with Crippen molar-refractivity contribution in [3.8, 4) is 0 Å². The quantitative estimate of drug-likeness (QED) is 0.776. The van der Waals surface area contributed by atoms with Crippen LogP contribution in [0.4, 0.5) is 5.00 Å². The molecule has 2 rings (SSSR count). The molecule has 0 bridgehead atoms. The van der Waals surface area contributed by atoms with Crippen LogP contribution in [-0.4, -0.2) is 22.8 Å². The normalized spacial score (nSPS) is 12.0. The average molecular weight is 255 g/mol. The van der Waals surface area contributed by atoms with Crippen molar-refractivity contribution in [3.05, 3.63) is 24.3 Å². The number of hydrogen-bond acceptors (Lipinski definition) is 3. The summed E-state index contributed by atoms with van der Waals surface area (Å²) in [5.74, 6) is 0.593. The molecule has 0 saturated carbocycles. The lowest BCUT2D eigenvalue weighted by Gasteiger charge is -2.34. The fourth-order valence-corrected chi connectivity index (χ4v) is 2.65.